The number of hydrogen-bond donors (Lipinski definition) is 1. The van der Waals surface area contributed by atoms with Gasteiger partial charge in [0.1, 0.15) is 0 Å². The average molecular weight is 219 g/mol. The van der Waals surface area contributed by atoms with E-state index in [1.54, 1.807) is 0 Å². The van der Waals surface area contributed by atoms with Crippen LogP contribution < -0.4 is 5.90 Å². The Morgan fingerprint density at radius 3 is 2.19 bits per heavy atom. The standard InChI is InChI=1S/C14H21NO/c15-16-11-12-7-9-14(10-8-12)13-5-3-1-2-4-6-13/h7-10,13H,1-6,11,15H2. The molecule has 0 saturated heterocycles. The lowest BCUT2D eigenvalue weighted by Crippen LogP contribution is -2.00. The Balaban J connectivity index is 2.01. The van der Waals surface area contributed by atoms with Crippen molar-refractivity contribution in [2.75, 3.05) is 0 Å². The summed E-state index contributed by atoms with van der Waals surface area (Å²) in [7, 11) is 0. The van der Waals surface area contributed by atoms with E-state index in [1.807, 2.05) is 0 Å². The number of rotatable bonds is 3. The molecule has 16 heavy (non-hydrogen) atoms. The van der Waals surface area contributed by atoms with Gasteiger partial charge >= 0.3 is 0 Å². The maximum atomic E-state index is 5.06. The molecular formula is C14H21NO. The van der Waals surface area contributed by atoms with Crippen molar-refractivity contribution in [3.05, 3.63) is 35.4 Å². The molecule has 0 spiro atoms. The molecule has 0 unspecified atom stereocenters. The Hall–Kier alpha value is -0.860. The van der Waals surface area contributed by atoms with E-state index in [-0.39, 0.29) is 0 Å². The van der Waals surface area contributed by atoms with Crippen molar-refractivity contribution in [3.63, 3.8) is 0 Å². The molecule has 0 aliphatic heterocycles. The van der Waals surface area contributed by atoms with Crippen molar-refractivity contribution in [1.82, 2.24) is 0 Å². The van der Waals surface area contributed by atoms with Gasteiger partial charge in [-0.05, 0) is 29.9 Å². The largest absolute Gasteiger partial charge is 0.300 e. The summed E-state index contributed by atoms with van der Waals surface area (Å²) in [5, 5.41) is 0. The zero-order valence-electron chi connectivity index (χ0n) is 9.82. The summed E-state index contributed by atoms with van der Waals surface area (Å²) >= 11 is 0. The molecule has 0 heterocycles. The third kappa shape index (κ3) is 3.06. The molecule has 1 saturated carbocycles. The molecule has 0 radical (unpaired) electrons. The highest BCUT2D eigenvalue weighted by atomic mass is 16.6. The minimum absolute atomic E-state index is 0.505. The van der Waals surface area contributed by atoms with Crippen LogP contribution in [0.25, 0.3) is 0 Å². The second-order valence-corrected chi connectivity index (χ2v) is 4.74. The maximum Gasteiger partial charge on any atom is 0.0930 e. The molecule has 1 aromatic carbocycles. The van der Waals surface area contributed by atoms with Crippen LogP contribution in [0.5, 0.6) is 0 Å². The van der Waals surface area contributed by atoms with Gasteiger partial charge in [-0.15, -0.1) is 0 Å². The molecule has 2 N–H and O–H groups in total. The molecule has 0 aromatic heterocycles. The predicted molar refractivity (Wildman–Crippen MR) is 65.9 cm³/mol. The Labute approximate surface area is 97.8 Å². The average Bonchev–Trinajstić information content (AvgIpc) is 2.59. The van der Waals surface area contributed by atoms with Crippen molar-refractivity contribution >= 4 is 0 Å². The molecule has 1 aliphatic rings. The van der Waals surface area contributed by atoms with E-state index >= 15 is 0 Å². The zero-order chi connectivity index (χ0) is 11.2. The number of hydrogen-bond acceptors (Lipinski definition) is 2. The van der Waals surface area contributed by atoms with E-state index < -0.39 is 0 Å². The van der Waals surface area contributed by atoms with Crippen LogP contribution in [-0.2, 0) is 11.4 Å². The lowest BCUT2D eigenvalue weighted by Gasteiger charge is -2.14. The van der Waals surface area contributed by atoms with E-state index in [1.165, 1.54) is 44.1 Å². The number of benzene rings is 1. The molecule has 2 nitrogen and oxygen atoms in total. The Bertz CT molecular complexity index is 299. The second kappa shape index (κ2) is 6.02. The Kier molecular flexibility index (Phi) is 4.37. The molecule has 0 atom stereocenters. The summed E-state index contributed by atoms with van der Waals surface area (Å²) in [5.74, 6) is 5.84. The van der Waals surface area contributed by atoms with Gasteiger partial charge in [0.05, 0.1) is 6.61 Å². The fraction of sp³-hybridized carbons (Fsp3) is 0.571. The summed E-state index contributed by atoms with van der Waals surface area (Å²) in [6.45, 7) is 0.505. The van der Waals surface area contributed by atoms with Gasteiger partial charge in [-0.2, -0.15) is 0 Å². The van der Waals surface area contributed by atoms with E-state index in [9.17, 15) is 0 Å². The molecule has 1 aliphatic carbocycles. The topological polar surface area (TPSA) is 35.2 Å². The molecule has 1 aromatic rings. The SMILES string of the molecule is NOCc1ccc(C2CCCCCC2)cc1. The molecule has 0 bridgehead atoms. The summed E-state index contributed by atoms with van der Waals surface area (Å²) in [5.41, 5.74) is 2.64. The van der Waals surface area contributed by atoms with Crippen LogP contribution >= 0.6 is 0 Å². The molecule has 2 rings (SSSR count). The van der Waals surface area contributed by atoms with Crippen molar-refractivity contribution in [2.45, 2.75) is 51.0 Å². The first-order chi connectivity index (χ1) is 7.90. The van der Waals surface area contributed by atoms with Crippen LogP contribution in [0.3, 0.4) is 0 Å². The minimum Gasteiger partial charge on any atom is -0.300 e. The van der Waals surface area contributed by atoms with Crippen LogP contribution in [0.1, 0.15) is 55.6 Å². The normalized spacial score (nSPS) is 18.3. The van der Waals surface area contributed by atoms with Crippen LogP contribution in [-0.4, -0.2) is 0 Å². The van der Waals surface area contributed by atoms with Crippen molar-refractivity contribution < 1.29 is 4.84 Å². The summed E-state index contributed by atoms with van der Waals surface area (Å²) < 4.78 is 0. The van der Waals surface area contributed by atoms with Gasteiger partial charge in [-0.3, -0.25) is 4.84 Å². The first-order valence-corrected chi connectivity index (χ1v) is 6.30. The fourth-order valence-corrected chi connectivity index (χ4v) is 2.59. The van der Waals surface area contributed by atoms with Gasteiger partial charge in [-0.25, -0.2) is 5.90 Å². The predicted octanol–water partition coefficient (Wildman–Crippen LogP) is 3.51. The molecule has 2 heteroatoms. The second-order valence-electron chi connectivity index (χ2n) is 4.74. The monoisotopic (exact) mass is 219 g/mol. The third-order valence-corrected chi connectivity index (χ3v) is 3.56. The van der Waals surface area contributed by atoms with Crippen molar-refractivity contribution in [3.8, 4) is 0 Å². The van der Waals surface area contributed by atoms with Crippen LogP contribution in [0.2, 0.25) is 0 Å². The highest BCUT2D eigenvalue weighted by Crippen LogP contribution is 2.31. The number of nitrogens with two attached hydrogens (primary N) is 1. The highest BCUT2D eigenvalue weighted by Gasteiger charge is 2.13. The minimum atomic E-state index is 0.505. The first-order valence-electron chi connectivity index (χ1n) is 6.30. The van der Waals surface area contributed by atoms with Gasteiger partial charge in [0.25, 0.3) is 0 Å². The quantitative estimate of drug-likeness (QED) is 0.623. The van der Waals surface area contributed by atoms with Gasteiger partial charge in [0, 0.05) is 0 Å². The summed E-state index contributed by atoms with van der Waals surface area (Å²) in [6.07, 6.45) is 8.31. The maximum absolute atomic E-state index is 5.06. The lowest BCUT2D eigenvalue weighted by atomic mass is 9.91. The smallest absolute Gasteiger partial charge is 0.0930 e. The van der Waals surface area contributed by atoms with Crippen molar-refractivity contribution in [2.24, 2.45) is 5.90 Å². The van der Waals surface area contributed by atoms with Crippen LogP contribution in [0.4, 0.5) is 0 Å². The molecule has 0 amide bonds. The molecule has 1 fully saturated rings. The summed E-state index contributed by atoms with van der Waals surface area (Å²) in [4.78, 5) is 4.63. The Morgan fingerprint density at radius 1 is 1.00 bits per heavy atom. The van der Waals surface area contributed by atoms with Gasteiger partial charge < -0.3 is 0 Å². The van der Waals surface area contributed by atoms with Gasteiger partial charge in [0.15, 0.2) is 0 Å². The van der Waals surface area contributed by atoms with E-state index in [4.69, 9.17) is 5.90 Å². The van der Waals surface area contributed by atoms with Crippen LogP contribution in [0, 0.1) is 0 Å². The van der Waals surface area contributed by atoms with E-state index in [2.05, 4.69) is 29.1 Å². The lowest BCUT2D eigenvalue weighted by molar-refractivity contribution is 0.124. The van der Waals surface area contributed by atoms with Crippen molar-refractivity contribution in [1.29, 1.82) is 0 Å². The van der Waals surface area contributed by atoms with Gasteiger partial charge in [-0.1, -0.05) is 49.9 Å². The Morgan fingerprint density at radius 2 is 1.62 bits per heavy atom. The van der Waals surface area contributed by atoms with Gasteiger partial charge in [0.2, 0.25) is 0 Å². The molecular weight excluding hydrogens is 198 g/mol. The summed E-state index contributed by atoms with van der Waals surface area (Å²) in [6, 6.07) is 8.74. The fourth-order valence-electron chi connectivity index (χ4n) is 2.59. The van der Waals surface area contributed by atoms with E-state index in [0.717, 1.165) is 11.5 Å². The van der Waals surface area contributed by atoms with E-state index in [0.29, 0.717) is 6.61 Å². The first kappa shape index (κ1) is 11.6. The zero-order valence-corrected chi connectivity index (χ0v) is 9.82. The third-order valence-electron chi connectivity index (χ3n) is 3.56. The molecule has 88 valence electrons. The highest BCUT2D eigenvalue weighted by molar-refractivity contribution is 5.25. The van der Waals surface area contributed by atoms with Crippen LogP contribution in [0.15, 0.2) is 24.3 Å².